The summed E-state index contributed by atoms with van der Waals surface area (Å²) in [5.41, 5.74) is 3.88. The number of aliphatic imine (C=N–C) groups is 1. The number of guanidine groups is 1. The van der Waals surface area contributed by atoms with E-state index in [4.69, 9.17) is 4.74 Å². The topological polar surface area (TPSA) is 45.7 Å². The number of unbranched alkanes of at least 4 members (excludes halogenated alkanes) is 1. The van der Waals surface area contributed by atoms with Crippen LogP contribution in [0.15, 0.2) is 23.2 Å². The lowest BCUT2D eigenvalue weighted by Gasteiger charge is -2.12. The molecule has 0 aromatic heterocycles. The standard InChI is InChI=1S/C18H31N3O.HI/c1-5-19-18(20-11-7-8-12-22-6-2)21-14-17-10-9-15(3)13-16(17)4;/h9-10,13H,5-8,11-12,14H2,1-4H3,(H2,19,20,21);1H. The fourth-order valence-electron chi connectivity index (χ4n) is 2.21. The molecule has 0 atom stereocenters. The SMILES string of the molecule is CCNC(=NCc1ccc(C)cc1C)NCCCCOCC.I. The van der Waals surface area contributed by atoms with Gasteiger partial charge in [0, 0.05) is 26.3 Å². The first kappa shape index (κ1) is 22.2. The third-order valence-corrected chi connectivity index (χ3v) is 3.46. The molecule has 0 aliphatic heterocycles. The van der Waals surface area contributed by atoms with Gasteiger partial charge < -0.3 is 15.4 Å². The molecule has 0 spiro atoms. The number of halogens is 1. The van der Waals surface area contributed by atoms with Gasteiger partial charge in [0.2, 0.25) is 0 Å². The zero-order valence-corrected chi connectivity index (χ0v) is 17.3. The summed E-state index contributed by atoms with van der Waals surface area (Å²) >= 11 is 0. The number of rotatable bonds is 9. The lowest BCUT2D eigenvalue weighted by molar-refractivity contribution is 0.143. The molecule has 23 heavy (non-hydrogen) atoms. The van der Waals surface area contributed by atoms with E-state index in [9.17, 15) is 0 Å². The van der Waals surface area contributed by atoms with Gasteiger partial charge in [-0.15, -0.1) is 24.0 Å². The van der Waals surface area contributed by atoms with Crippen LogP contribution in [0.25, 0.3) is 0 Å². The van der Waals surface area contributed by atoms with Gasteiger partial charge in [0.1, 0.15) is 0 Å². The van der Waals surface area contributed by atoms with Gasteiger partial charge in [0.25, 0.3) is 0 Å². The second kappa shape index (κ2) is 13.6. The van der Waals surface area contributed by atoms with E-state index < -0.39 is 0 Å². The van der Waals surface area contributed by atoms with Crippen LogP contribution < -0.4 is 10.6 Å². The largest absolute Gasteiger partial charge is 0.382 e. The minimum Gasteiger partial charge on any atom is -0.382 e. The predicted octanol–water partition coefficient (Wildman–Crippen LogP) is 3.79. The monoisotopic (exact) mass is 433 g/mol. The number of ether oxygens (including phenoxy) is 1. The summed E-state index contributed by atoms with van der Waals surface area (Å²) in [6.45, 7) is 12.5. The Morgan fingerprint density at radius 3 is 2.57 bits per heavy atom. The maximum absolute atomic E-state index is 5.34. The lowest BCUT2D eigenvalue weighted by atomic mass is 10.1. The number of hydrogen-bond acceptors (Lipinski definition) is 2. The number of nitrogens with zero attached hydrogens (tertiary/aromatic N) is 1. The molecule has 5 heteroatoms. The Balaban J connectivity index is 0.00000484. The van der Waals surface area contributed by atoms with Crippen LogP contribution >= 0.6 is 24.0 Å². The van der Waals surface area contributed by atoms with Crippen molar-refractivity contribution in [2.75, 3.05) is 26.3 Å². The van der Waals surface area contributed by atoms with E-state index in [2.05, 4.69) is 54.6 Å². The number of benzene rings is 1. The summed E-state index contributed by atoms with van der Waals surface area (Å²) in [7, 11) is 0. The second-order valence-corrected chi connectivity index (χ2v) is 5.46. The summed E-state index contributed by atoms with van der Waals surface area (Å²) in [6, 6.07) is 6.52. The van der Waals surface area contributed by atoms with E-state index in [1.54, 1.807) is 0 Å². The molecule has 0 aliphatic carbocycles. The molecule has 2 N–H and O–H groups in total. The highest BCUT2D eigenvalue weighted by atomic mass is 127. The van der Waals surface area contributed by atoms with Crippen molar-refractivity contribution in [3.05, 3.63) is 34.9 Å². The van der Waals surface area contributed by atoms with Gasteiger partial charge in [-0.05, 0) is 51.7 Å². The average Bonchev–Trinajstić information content (AvgIpc) is 2.49. The van der Waals surface area contributed by atoms with Crippen molar-refractivity contribution < 1.29 is 4.74 Å². The molecule has 132 valence electrons. The maximum atomic E-state index is 5.34. The molecule has 0 heterocycles. The third kappa shape index (κ3) is 9.81. The highest BCUT2D eigenvalue weighted by molar-refractivity contribution is 14.0. The molecule has 0 saturated heterocycles. The molecule has 0 saturated carbocycles. The summed E-state index contributed by atoms with van der Waals surface area (Å²) < 4.78 is 5.34. The van der Waals surface area contributed by atoms with Crippen LogP contribution in [0.2, 0.25) is 0 Å². The van der Waals surface area contributed by atoms with Crippen molar-refractivity contribution in [1.29, 1.82) is 0 Å². The van der Waals surface area contributed by atoms with Crippen molar-refractivity contribution in [2.24, 2.45) is 4.99 Å². The fourth-order valence-corrected chi connectivity index (χ4v) is 2.21. The Morgan fingerprint density at radius 1 is 1.13 bits per heavy atom. The minimum absolute atomic E-state index is 0. The van der Waals surface area contributed by atoms with Crippen LogP contribution in [-0.2, 0) is 11.3 Å². The first-order valence-electron chi connectivity index (χ1n) is 8.33. The van der Waals surface area contributed by atoms with Gasteiger partial charge >= 0.3 is 0 Å². The van der Waals surface area contributed by atoms with Crippen molar-refractivity contribution in [1.82, 2.24) is 10.6 Å². The molecule has 1 rings (SSSR count). The van der Waals surface area contributed by atoms with E-state index in [1.165, 1.54) is 16.7 Å². The highest BCUT2D eigenvalue weighted by Gasteiger charge is 2.00. The molecule has 1 aromatic rings. The predicted molar refractivity (Wildman–Crippen MR) is 110 cm³/mol. The number of aryl methyl sites for hydroxylation is 2. The van der Waals surface area contributed by atoms with E-state index >= 15 is 0 Å². The maximum Gasteiger partial charge on any atom is 0.191 e. The van der Waals surface area contributed by atoms with Crippen molar-refractivity contribution >= 4 is 29.9 Å². The molecule has 0 aliphatic rings. The number of nitrogens with one attached hydrogen (secondary N) is 2. The van der Waals surface area contributed by atoms with E-state index in [-0.39, 0.29) is 24.0 Å². The van der Waals surface area contributed by atoms with Crippen molar-refractivity contribution in [3.8, 4) is 0 Å². The van der Waals surface area contributed by atoms with E-state index in [0.29, 0.717) is 6.54 Å². The quantitative estimate of drug-likeness (QED) is 0.270. The molecule has 0 amide bonds. The van der Waals surface area contributed by atoms with Gasteiger partial charge in [-0.25, -0.2) is 4.99 Å². The molecule has 4 nitrogen and oxygen atoms in total. The van der Waals surface area contributed by atoms with Crippen LogP contribution in [0.4, 0.5) is 0 Å². The summed E-state index contributed by atoms with van der Waals surface area (Å²) in [5, 5.41) is 6.68. The number of hydrogen-bond donors (Lipinski definition) is 2. The molecule has 0 fully saturated rings. The first-order valence-corrected chi connectivity index (χ1v) is 8.33. The smallest absolute Gasteiger partial charge is 0.191 e. The van der Waals surface area contributed by atoms with E-state index in [1.807, 2.05) is 6.92 Å². The summed E-state index contributed by atoms with van der Waals surface area (Å²) in [5.74, 6) is 0.888. The Bertz CT molecular complexity index is 464. The second-order valence-electron chi connectivity index (χ2n) is 5.46. The zero-order valence-electron chi connectivity index (χ0n) is 14.9. The van der Waals surface area contributed by atoms with Gasteiger partial charge in [-0.3, -0.25) is 0 Å². The minimum atomic E-state index is 0. The van der Waals surface area contributed by atoms with Crippen LogP contribution in [0.1, 0.15) is 43.4 Å². The summed E-state index contributed by atoms with van der Waals surface area (Å²) in [6.07, 6.45) is 2.17. The van der Waals surface area contributed by atoms with Gasteiger partial charge in [0.15, 0.2) is 5.96 Å². The van der Waals surface area contributed by atoms with Crippen LogP contribution in [0.3, 0.4) is 0 Å². The molecular formula is C18H32IN3O. The van der Waals surface area contributed by atoms with E-state index in [0.717, 1.165) is 45.1 Å². The Labute approximate surface area is 158 Å². The summed E-state index contributed by atoms with van der Waals surface area (Å²) in [4.78, 5) is 4.67. The average molecular weight is 433 g/mol. The molecule has 0 unspecified atom stereocenters. The molecule has 1 aromatic carbocycles. The fraction of sp³-hybridized carbons (Fsp3) is 0.611. The normalized spacial score (nSPS) is 11.0. The van der Waals surface area contributed by atoms with Crippen LogP contribution in [0.5, 0.6) is 0 Å². The van der Waals surface area contributed by atoms with Crippen molar-refractivity contribution in [2.45, 2.75) is 47.1 Å². The van der Waals surface area contributed by atoms with Crippen LogP contribution in [-0.4, -0.2) is 32.3 Å². The molecule has 0 bridgehead atoms. The highest BCUT2D eigenvalue weighted by Crippen LogP contribution is 2.11. The van der Waals surface area contributed by atoms with Crippen LogP contribution in [0, 0.1) is 13.8 Å². The third-order valence-electron chi connectivity index (χ3n) is 3.46. The zero-order chi connectivity index (χ0) is 16.2. The molecule has 0 radical (unpaired) electrons. The Kier molecular flexibility index (Phi) is 13.1. The van der Waals surface area contributed by atoms with Gasteiger partial charge in [-0.1, -0.05) is 23.8 Å². The first-order chi connectivity index (χ1) is 10.7. The van der Waals surface area contributed by atoms with Gasteiger partial charge in [0.05, 0.1) is 6.54 Å². The molecular weight excluding hydrogens is 401 g/mol. The lowest BCUT2D eigenvalue weighted by Crippen LogP contribution is -2.37. The van der Waals surface area contributed by atoms with Crippen molar-refractivity contribution in [3.63, 3.8) is 0 Å². The Morgan fingerprint density at radius 2 is 1.91 bits per heavy atom. The Hall–Kier alpha value is -0.820. The van der Waals surface area contributed by atoms with Gasteiger partial charge in [-0.2, -0.15) is 0 Å².